The molecule has 1 N–H and O–H groups in total. The van der Waals surface area contributed by atoms with Gasteiger partial charge in [-0.3, -0.25) is 18.9 Å². The number of nitriles is 1. The van der Waals surface area contributed by atoms with Crippen LogP contribution in [-0.4, -0.2) is 46.4 Å². The summed E-state index contributed by atoms with van der Waals surface area (Å²) < 4.78 is 6.71. The standard InChI is InChI=1S/C29H28N6O3/c1-21-7-5-11-35-26(21)32-27(34-14-12-33(13-15-34)20-22-8-3-2-4-9-22)25(29(35)37)17-23(18-30)28(36)31-19-24-10-6-16-38-24/h2-11,16-17H,12-15,19-20H2,1H3,(H,31,36). The number of aryl methyl sites for hydroxylation is 1. The molecule has 0 bridgehead atoms. The van der Waals surface area contributed by atoms with Crippen LogP contribution in [0.2, 0.25) is 0 Å². The van der Waals surface area contributed by atoms with Crippen LogP contribution in [0.5, 0.6) is 0 Å². The monoisotopic (exact) mass is 508 g/mol. The summed E-state index contributed by atoms with van der Waals surface area (Å²) in [6.07, 6.45) is 4.52. The third-order valence-electron chi connectivity index (χ3n) is 6.64. The molecule has 1 fully saturated rings. The predicted molar refractivity (Wildman–Crippen MR) is 144 cm³/mol. The highest BCUT2D eigenvalue weighted by Crippen LogP contribution is 2.22. The average Bonchev–Trinajstić information content (AvgIpc) is 3.47. The summed E-state index contributed by atoms with van der Waals surface area (Å²) in [6, 6.07) is 19.4. The van der Waals surface area contributed by atoms with Gasteiger partial charge >= 0.3 is 0 Å². The van der Waals surface area contributed by atoms with Crippen molar-refractivity contribution in [2.24, 2.45) is 0 Å². The fourth-order valence-corrected chi connectivity index (χ4v) is 4.60. The zero-order valence-electron chi connectivity index (χ0n) is 21.1. The molecule has 0 atom stereocenters. The molecule has 4 aromatic rings. The summed E-state index contributed by atoms with van der Waals surface area (Å²) in [4.78, 5) is 35.8. The minimum atomic E-state index is -0.587. The first-order chi connectivity index (χ1) is 18.5. The minimum absolute atomic E-state index is 0.134. The SMILES string of the molecule is Cc1cccn2c(=O)c(C=C(C#N)C(=O)NCc3ccco3)c(N3CCN(Cc4ccccc4)CC3)nc12. The molecule has 9 nitrogen and oxygen atoms in total. The van der Waals surface area contributed by atoms with Crippen LogP contribution < -0.4 is 15.8 Å². The topological polar surface area (TPSA) is 107 Å². The first kappa shape index (κ1) is 25.0. The van der Waals surface area contributed by atoms with E-state index < -0.39 is 5.91 Å². The van der Waals surface area contributed by atoms with Gasteiger partial charge in [0.25, 0.3) is 11.5 Å². The number of aromatic nitrogens is 2. The Morgan fingerprint density at radius 2 is 1.89 bits per heavy atom. The Morgan fingerprint density at radius 3 is 2.61 bits per heavy atom. The maximum absolute atomic E-state index is 13.7. The van der Waals surface area contributed by atoms with Crippen molar-refractivity contribution in [3.05, 3.63) is 105 Å². The van der Waals surface area contributed by atoms with Crippen molar-refractivity contribution in [1.82, 2.24) is 19.6 Å². The number of benzene rings is 1. The van der Waals surface area contributed by atoms with E-state index in [2.05, 4.69) is 27.2 Å². The third kappa shape index (κ3) is 5.36. The van der Waals surface area contributed by atoms with Gasteiger partial charge in [0.05, 0.1) is 18.4 Å². The summed E-state index contributed by atoms with van der Waals surface area (Å²) in [5, 5.41) is 12.5. The van der Waals surface area contributed by atoms with Crippen LogP contribution in [0.1, 0.15) is 22.5 Å². The van der Waals surface area contributed by atoms with Gasteiger partial charge in [-0.2, -0.15) is 5.26 Å². The molecular formula is C29H28N6O3. The van der Waals surface area contributed by atoms with Gasteiger partial charge in [0.2, 0.25) is 0 Å². The molecule has 0 unspecified atom stereocenters. The smallest absolute Gasteiger partial charge is 0.267 e. The molecule has 5 rings (SSSR count). The Morgan fingerprint density at radius 1 is 1.11 bits per heavy atom. The average molecular weight is 509 g/mol. The number of carbonyl (C=O) groups is 1. The highest BCUT2D eigenvalue weighted by Gasteiger charge is 2.24. The fraction of sp³-hybridized carbons (Fsp3) is 0.241. The van der Waals surface area contributed by atoms with Crippen LogP contribution in [-0.2, 0) is 17.9 Å². The number of nitrogens with one attached hydrogen (secondary N) is 1. The summed E-state index contributed by atoms with van der Waals surface area (Å²) in [5.74, 6) is 0.458. The van der Waals surface area contributed by atoms with Crippen LogP contribution in [0.3, 0.4) is 0 Å². The maximum Gasteiger partial charge on any atom is 0.267 e. The number of carbonyl (C=O) groups excluding carboxylic acids is 1. The number of anilines is 1. The maximum atomic E-state index is 13.7. The van der Waals surface area contributed by atoms with Crippen molar-refractivity contribution in [3.63, 3.8) is 0 Å². The highest BCUT2D eigenvalue weighted by molar-refractivity contribution is 6.02. The second-order valence-electron chi connectivity index (χ2n) is 9.22. The van der Waals surface area contributed by atoms with E-state index in [1.165, 1.54) is 22.3 Å². The van der Waals surface area contributed by atoms with Gasteiger partial charge in [0.1, 0.15) is 28.9 Å². The molecule has 9 heteroatoms. The van der Waals surface area contributed by atoms with Gasteiger partial charge in [-0.05, 0) is 42.3 Å². The number of piperazine rings is 1. The molecule has 38 heavy (non-hydrogen) atoms. The Bertz CT molecular complexity index is 1560. The van der Waals surface area contributed by atoms with Crippen molar-refractivity contribution >= 4 is 23.4 Å². The Labute approximate surface area is 220 Å². The molecule has 0 aliphatic carbocycles. The largest absolute Gasteiger partial charge is 0.467 e. The lowest BCUT2D eigenvalue weighted by atomic mass is 10.1. The van der Waals surface area contributed by atoms with E-state index in [9.17, 15) is 14.9 Å². The van der Waals surface area contributed by atoms with Crippen molar-refractivity contribution in [3.8, 4) is 6.07 Å². The molecule has 0 spiro atoms. The number of pyridine rings is 1. The lowest BCUT2D eigenvalue weighted by molar-refractivity contribution is -0.117. The van der Waals surface area contributed by atoms with Crippen LogP contribution in [0.25, 0.3) is 11.7 Å². The molecule has 1 saturated heterocycles. The number of hydrogen-bond acceptors (Lipinski definition) is 7. The normalized spacial score (nSPS) is 14.4. The van der Waals surface area contributed by atoms with Crippen molar-refractivity contribution in [2.75, 3.05) is 31.1 Å². The van der Waals surface area contributed by atoms with E-state index in [1.54, 1.807) is 24.4 Å². The van der Waals surface area contributed by atoms with E-state index in [0.717, 1.165) is 25.2 Å². The molecular weight excluding hydrogens is 480 g/mol. The molecule has 1 aliphatic heterocycles. The Kier molecular flexibility index (Phi) is 7.33. The Balaban J connectivity index is 1.46. The number of fused-ring (bicyclic) bond motifs is 1. The number of nitrogens with zero attached hydrogens (tertiary/aromatic N) is 5. The van der Waals surface area contributed by atoms with Gasteiger partial charge in [-0.25, -0.2) is 4.98 Å². The van der Waals surface area contributed by atoms with Crippen molar-refractivity contribution in [1.29, 1.82) is 5.26 Å². The van der Waals surface area contributed by atoms with Gasteiger partial charge in [-0.1, -0.05) is 36.4 Å². The predicted octanol–water partition coefficient (Wildman–Crippen LogP) is 3.14. The lowest BCUT2D eigenvalue weighted by Crippen LogP contribution is -2.47. The lowest BCUT2D eigenvalue weighted by Gasteiger charge is -2.36. The van der Waals surface area contributed by atoms with Crippen LogP contribution >= 0.6 is 0 Å². The zero-order chi connectivity index (χ0) is 26.5. The molecule has 3 aromatic heterocycles. The fourth-order valence-electron chi connectivity index (χ4n) is 4.60. The highest BCUT2D eigenvalue weighted by atomic mass is 16.3. The molecule has 4 heterocycles. The molecule has 1 amide bonds. The molecule has 192 valence electrons. The van der Waals surface area contributed by atoms with Gasteiger partial charge in [0, 0.05) is 38.9 Å². The summed E-state index contributed by atoms with van der Waals surface area (Å²) >= 11 is 0. The van der Waals surface area contributed by atoms with Crippen LogP contribution in [0, 0.1) is 18.3 Å². The first-order valence-electron chi connectivity index (χ1n) is 12.5. The van der Waals surface area contributed by atoms with E-state index in [-0.39, 0.29) is 23.2 Å². The first-order valence-corrected chi connectivity index (χ1v) is 12.5. The minimum Gasteiger partial charge on any atom is -0.467 e. The van der Waals surface area contributed by atoms with Crippen LogP contribution in [0.4, 0.5) is 5.82 Å². The molecule has 0 radical (unpaired) electrons. The van der Waals surface area contributed by atoms with Crippen LogP contribution in [0.15, 0.2) is 81.8 Å². The number of rotatable bonds is 7. The van der Waals surface area contributed by atoms with E-state index in [0.29, 0.717) is 30.3 Å². The third-order valence-corrected chi connectivity index (χ3v) is 6.64. The van der Waals surface area contributed by atoms with Crippen molar-refractivity contribution < 1.29 is 9.21 Å². The van der Waals surface area contributed by atoms with Gasteiger partial charge in [-0.15, -0.1) is 0 Å². The van der Waals surface area contributed by atoms with Gasteiger partial charge < -0.3 is 14.6 Å². The quantitative estimate of drug-likeness (QED) is 0.302. The molecule has 1 aliphatic rings. The van der Waals surface area contributed by atoms with Crippen molar-refractivity contribution in [2.45, 2.75) is 20.0 Å². The van der Waals surface area contributed by atoms with Gasteiger partial charge in [0.15, 0.2) is 0 Å². The van der Waals surface area contributed by atoms with E-state index >= 15 is 0 Å². The number of furan rings is 1. The van der Waals surface area contributed by atoms with E-state index in [4.69, 9.17) is 9.40 Å². The number of amides is 1. The summed E-state index contributed by atoms with van der Waals surface area (Å²) in [6.45, 7) is 5.80. The molecule has 1 aromatic carbocycles. The van der Waals surface area contributed by atoms with E-state index in [1.807, 2.05) is 37.3 Å². The summed E-state index contributed by atoms with van der Waals surface area (Å²) in [5.41, 5.74) is 2.38. The summed E-state index contributed by atoms with van der Waals surface area (Å²) in [7, 11) is 0. The second kappa shape index (κ2) is 11.2. The molecule has 0 saturated carbocycles. The second-order valence-corrected chi connectivity index (χ2v) is 9.22. The zero-order valence-corrected chi connectivity index (χ0v) is 21.1. The number of hydrogen-bond donors (Lipinski definition) is 1. The Hall–Kier alpha value is -4.68.